The molecule has 7 heteroatoms. The molecule has 0 spiro atoms. The van der Waals surface area contributed by atoms with Gasteiger partial charge in [0, 0.05) is 23.0 Å². The van der Waals surface area contributed by atoms with Crippen LogP contribution >= 0.6 is 0 Å². The van der Waals surface area contributed by atoms with E-state index in [2.05, 4.69) is 10.0 Å². The van der Waals surface area contributed by atoms with E-state index in [1.54, 1.807) is 25.1 Å². The molecule has 6 nitrogen and oxygen atoms in total. The fourth-order valence-corrected chi connectivity index (χ4v) is 4.37. The number of aryl methyl sites for hydroxylation is 1. The van der Waals surface area contributed by atoms with E-state index in [1.165, 1.54) is 36.4 Å². The van der Waals surface area contributed by atoms with Crippen molar-refractivity contribution in [3.8, 4) is 5.75 Å². The lowest BCUT2D eigenvalue weighted by Crippen LogP contribution is -2.17. The Bertz CT molecular complexity index is 1210. The zero-order valence-electron chi connectivity index (χ0n) is 17.9. The molecule has 31 heavy (non-hydrogen) atoms. The van der Waals surface area contributed by atoms with Crippen molar-refractivity contribution in [1.29, 1.82) is 0 Å². The van der Waals surface area contributed by atoms with Crippen molar-refractivity contribution in [1.82, 2.24) is 0 Å². The van der Waals surface area contributed by atoms with Crippen molar-refractivity contribution in [2.75, 3.05) is 10.0 Å². The first-order valence-electron chi connectivity index (χ1n) is 9.80. The van der Waals surface area contributed by atoms with Gasteiger partial charge < -0.3 is 10.4 Å². The van der Waals surface area contributed by atoms with Crippen LogP contribution in [-0.4, -0.2) is 19.4 Å². The van der Waals surface area contributed by atoms with E-state index in [0.29, 0.717) is 22.5 Å². The number of carbonyl (C=O) groups is 1. The van der Waals surface area contributed by atoms with Gasteiger partial charge in [-0.1, -0.05) is 39.0 Å². The van der Waals surface area contributed by atoms with Gasteiger partial charge in [0.05, 0.1) is 4.90 Å². The average molecular weight is 439 g/mol. The smallest absolute Gasteiger partial charge is 0.262 e. The number of aromatic hydroxyl groups is 1. The summed E-state index contributed by atoms with van der Waals surface area (Å²) in [6.07, 6.45) is 0. The Morgan fingerprint density at radius 1 is 0.903 bits per heavy atom. The van der Waals surface area contributed by atoms with Crippen LogP contribution in [0.15, 0.2) is 71.6 Å². The molecule has 3 aromatic rings. The van der Waals surface area contributed by atoms with Crippen molar-refractivity contribution in [2.45, 2.75) is 38.0 Å². The first-order valence-corrected chi connectivity index (χ1v) is 11.3. The summed E-state index contributed by atoms with van der Waals surface area (Å²) in [6.45, 7) is 7.85. The Hall–Kier alpha value is -3.32. The van der Waals surface area contributed by atoms with Crippen LogP contribution in [0, 0.1) is 6.92 Å². The first-order chi connectivity index (χ1) is 14.5. The third-order valence-corrected chi connectivity index (χ3v) is 6.37. The lowest BCUT2D eigenvalue weighted by Gasteiger charge is -2.21. The van der Waals surface area contributed by atoms with Gasteiger partial charge in [0.2, 0.25) is 0 Å². The Morgan fingerprint density at radius 3 is 2.19 bits per heavy atom. The number of hydrogen-bond acceptors (Lipinski definition) is 4. The van der Waals surface area contributed by atoms with Gasteiger partial charge in [-0.3, -0.25) is 9.52 Å². The van der Waals surface area contributed by atoms with Crippen LogP contribution in [0.5, 0.6) is 5.75 Å². The van der Waals surface area contributed by atoms with Crippen LogP contribution in [-0.2, 0) is 15.4 Å². The molecular formula is C24H26N2O4S. The minimum Gasteiger partial charge on any atom is -0.508 e. The lowest BCUT2D eigenvalue weighted by molar-refractivity contribution is 0.102. The molecule has 0 aliphatic rings. The molecule has 162 valence electrons. The SMILES string of the molecule is Cc1ccc(C(C)(C)C)cc1S(=O)(=O)Nc1ccc(C(=O)Nc2cccc(O)c2)cc1. The molecule has 3 N–H and O–H groups in total. The minimum absolute atomic E-state index is 0.0494. The van der Waals surface area contributed by atoms with Crippen LogP contribution in [0.2, 0.25) is 0 Å². The highest BCUT2D eigenvalue weighted by Gasteiger charge is 2.21. The van der Waals surface area contributed by atoms with E-state index in [0.717, 1.165) is 5.56 Å². The zero-order chi connectivity index (χ0) is 22.8. The van der Waals surface area contributed by atoms with Gasteiger partial charge >= 0.3 is 0 Å². The molecular weight excluding hydrogens is 412 g/mol. The second kappa shape index (κ2) is 8.43. The molecule has 0 aliphatic carbocycles. The van der Waals surface area contributed by atoms with Gasteiger partial charge in [-0.25, -0.2) is 8.42 Å². The molecule has 3 aromatic carbocycles. The van der Waals surface area contributed by atoms with E-state index in [-0.39, 0.29) is 22.0 Å². The van der Waals surface area contributed by atoms with Crippen molar-refractivity contribution >= 4 is 27.3 Å². The van der Waals surface area contributed by atoms with E-state index >= 15 is 0 Å². The third kappa shape index (κ3) is 5.44. The number of carbonyl (C=O) groups excluding carboxylic acids is 1. The standard InChI is InChI=1S/C24H26N2O4S/c1-16-8-11-18(24(2,3)4)14-22(16)31(29,30)26-19-12-9-17(10-13-19)23(28)25-20-6-5-7-21(27)15-20/h5-15,26-27H,1-4H3,(H,25,28). The largest absolute Gasteiger partial charge is 0.508 e. The predicted octanol–water partition coefficient (Wildman–Crippen LogP) is 5.05. The Morgan fingerprint density at radius 2 is 1.58 bits per heavy atom. The number of rotatable bonds is 5. The van der Waals surface area contributed by atoms with Gasteiger partial charge in [0.15, 0.2) is 0 Å². The Balaban J connectivity index is 1.78. The molecule has 0 unspecified atom stereocenters. The first kappa shape index (κ1) is 22.4. The second-order valence-corrected chi connectivity index (χ2v) is 10.1. The summed E-state index contributed by atoms with van der Waals surface area (Å²) >= 11 is 0. The van der Waals surface area contributed by atoms with Gasteiger partial charge in [0.1, 0.15) is 5.75 Å². The summed E-state index contributed by atoms with van der Waals surface area (Å²) < 4.78 is 28.5. The molecule has 0 fully saturated rings. The minimum atomic E-state index is -3.79. The summed E-state index contributed by atoms with van der Waals surface area (Å²) in [5.74, 6) is -0.317. The monoisotopic (exact) mass is 438 g/mol. The summed E-state index contributed by atoms with van der Waals surface area (Å²) in [6, 6.07) is 17.8. The number of amides is 1. The van der Waals surface area contributed by atoms with Crippen molar-refractivity contribution in [3.05, 3.63) is 83.4 Å². The maximum absolute atomic E-state index is 13.0. The summed E-state index contributed by atoms with van der Waals surface area (Å²) in [5.41, 5.74) is 2.58. The molecule has 0 atom stereocenters. The molecule has 1 amide bonds. The number of hydrogen-bond donors (Lipinski definition) is 3. The molecule has 0 saturated carbocycles. The molecule has 0 aliphatic heterocycles. The number of anilines is 2. The molecule has 3 rings (SSSR count). The van der Waals surface area contributed by atoms with Crippen LogP contribution in [0.3, 0.4) is 0 Å². The fourth-order valence-electron chi connectivity index (χ4n) is 3.04. The van der Waals surface area contributed by atoms with Crippen LogP contribution in [0.25, 0.3) is 0 Å². The molecule has 0 saturated heterocycles. The number of benzene rings is 3. The predicted molar refractivity (Wildman–Crippen MR) is 123 cm³/mol. The van der Waals surface area contributed by atoms with E-state index in [9.17, 15) is 18.3 Å². The van der Waals surface area contributed by atoms with Crippen molar-refractivity contribution in [2.24, 2.45) is 0 Å². The van der Waals surface area contributed by atoms with E-state index in [1.807, 2.05) is 32.9 Å². The van der Waals surface area contributed by atoms with Gasteiger partial charge in [-0.15, -0.1) is 0 Å². The van der Waals surface area contributed by atoms with Crippen LogP contribution in [0.1, 0.15) is 42.3 Å². The summed E-state index contributed by atoms with van der Waals surface area (Å²) in [7, 11) is -3.79. The van der Waals surface area contributed by atoms with Crippen LogP contribution in [0.4, 0.5) is 11.4 Å². The van der Waals surface area contributed by atoms with Gasteiger partial charge in [0.25, 0.3) is 15.9 Å². The highest BCUT2D eigenvalue weighted by molar-refractivity contribution is 7.92. The maximum Gasteiger partial charge on any atom is 0.262 e. The number of nitrogens with one attached hydrogen (secondary N) is 2. The normalized spacial score (nSPS) is 11.7. The zero-order valence-corrected chi connectivity index (χ0v) is 18.7. The van der Waals surface area contributed by atoms with Crippen molar-refractivity contribution in [3.63, 3.8) is 0 Å². The quantitative estimate of drug-likeness (QED) is 0.519. The number of sulfonamides is 1. The van der Waals surface area contributed by atoms with Crippen LogP contribution < -0.4 is 10.0 Å². The molecule has 0 heterocycles. The second-order valence-electron chi connectivity index (χ2n) is 8.42. The summed E-state index contributed by atoms with van der Waals surface area (Å²) in [4.78, 5) is 12.6. The Kier molecular flexibility index (Phi) is 6.08. The highest BCUT2D eigenvalue weighted by Crippen LogP contribution is 2.28. The van der Waals surface area contributed by atoms with Gasteiger partial charge in [-0.05, 0) is 65.9 Å². The number of phenols is 1. The van der Waals surface area contributed by atoms with E-state index < -0.39 is 10.0 Å². The molecule has 0 bridgehead atoms. The number of phenolic OH excluding ortho intramolecular Hbond substituents is 1. The lowest BCUT2D eigenvalue weighted by atomic mass is 9.87. The summed E-state index contributed by atoms with van der Waals surface area (Å²) in [5, 5.41) is 12.2. The van der Waals surface area contributed by atoms with E-state index in [4.69, 9.17) is 0 Å². The fraction of sp³-hybridized carbons (Fsp3) is 0.208. The topological polar surface area (TPSA) is 95.5 Å². The molecule has 0 radical (unpaired) electrons. The van der Waals surface area contributed by atoms with Crippen molar-refractivity contribution < 1.29 is 18.3 Å². The third-order valence-electron chi connectivity index (χ3n) is 4.85. The molecule has 0 aromatic heterocycles. The average Bonchev–Trinajstić information content (AvgIpc) is 2.67. The highest BCUT2D eigenvalue weighted by atomic mass is 32.2. The van der Waals surface area contributed by atoms with Gasteiger partial charge in [-0.2, -0.15) is 0 Å². The Labute approximate surface area is 183 Å². The maximum atomic E-state index is 13.0.